The van der Waals surface area contributed by atoms with Gasteiger partial charge in [0, 0.05) is 12.6 Å². The van der Waals surface area contributed by atoms with Gasteiger partial charge in [0.05, 0.1) is 0 Å². The van der Waals surface area contributed by atoms with Crippen molar-refractivity contribution >= 4 is 6.08 Å². The van der Waals surface area contributed by atoms with Crippen LogP contribution in [0.1, 0.15) is 37.7 Å². The molecule has 0 atom stereocenters. The highest BCUT2D eigenvalue weighted by Crippen LogP contribution is 2.53. The third kappa shape index (κ3) is 2.44. The van der Waals surface area contributed by atoms with Crippen LogP contribution < -0.4 is 5.32 Å². The first-order valence-corrected chi connectivity index (χ1v) is 8.33. The van der Waals surface area contributed by atoms with E-state index >= 15 is 0 Å². The first-order valence-electron chi connectivity index (χ1n) is 8.33. The molecule has 106 valence electrons. The molecule has 4 fully saturated rings. The van der Waals surface area contributed by atoms with Crippen LogP contribution in [0.2, 0.25) is 0 Å². The molecule has 4 aliphatic carbocycles. The first-order chi connectivity index (χ1) is 9.88. The summed E-state index contributed by atoms with van der Waals surface area (Å²) in [6.07, 6.45) is 12.1. The largest absolute Gasteiger partial charge is 0.310 e. The van der Waals surface area contributed by atoms with Crippen LogP contribution in [0.15, 0.2) is 36.4 Å². The van der Waals surface area contributed by atoms with Gasteiger partial charge in [-0.3, -0.25) is 0 Å². The van der Waals surface area contributed by atoms with Gasteiger partial charge in [0.2, 0.25) is 0 Å². The van der Waals surface area contributed by atoms with Gasteiger partial charge in [-0.15, -0.1) is 0 Å². The van der Waals surface area contributed by atoms with Crippen LogP contribution in [0, 0.1) is 23.7 Å². The number of hydrogen-bond acceptors (Lipinski definition) is 1. The highest BCUT2D eigenvalue weighted by molar-refractivity contribution is 5.48. The van der Waals surface area contributed by atoms with Crippen molar-refractivity contribution in [3.05, 3.63) is 42.0 Å². The Labute approximate surface area is 122 Å². The van der Waals surface area contributed by atoms with Gasteiger partial charge in [-0.2, -0.15) is 0 Å². The molecule has 20 heavy (non-hydrogen) atoms. The molecule has 5 rings (SSSR count). The third-order valence-corrected chi connectivity index (χ3v) is 5.81. The summed E-state index contributed by atoms with van der Waals surface area (Å²) >= 11 is 0. The van der Waals surface area contributed by atoms with Gasteiger partial charge in [-0.05, 0) is 61.3 Å². The summed E-state index contributed by atoms with van der Waals surface area (Å²) in [5, 5.41) is 3.85. The standard InChI is InChI=1S/C19H25N/c1-2-5-14(6-3-1)7-4-8-20-19-17-10-15-9-16(12-17)13-18(19)11-15/h1-7,15-20H,8-13H2. The fourth-order valence-corrected chi connectivity index (χ4v) is 5.22. The van der Waals surface area contributed by atoms with Crippen LogP contribution in [0.4, 0.5) is 0 Å². The van der Waals surface area contributed by atoms with E-state index in [1.807, 2.05) is 0 Å². The lowest BCUT2D eigenvalue weighted by Gasteiger charge is -2.54. The van der Waals surface area contributed by atoms with Gasteiger partial charge in [0.15, 0.2) is 0 Å². The van der Waals surface area contributed by atoms with Crippen molar-refractivity contribution in [2.45, 2.75) is 38.1 Å². The van der Waals surface area contributed by atoms with Crippen LogP contribution >= 0.6 is 0 Å². The minimum absolute atomic E-state index is 0.809. The van der Waals surface area contributed by atoms with Crippen molar-refractivity contribution in [3.63, 3.8) is 0 Å². The quantitative estimate of drug-likeness (QED) is 0.865. The van der Waals surface area contributed by atoms with E-state index < -0.39 is 0 Å². The first kappa shape index (κ1) is 12.6. The summed E-state index contributed by atoms with van der Waals surface area (Å²) in [6, 6.07) is 11.4. The molecule has 1 aromatic rings. The second-order valence-electron chi connectivity index (χ2n) is 7.18. The Morgan fingerprint density at radius 2 is 1.55 bits per heavy atom. The molecule has 4 bridgehead atoms. The van der Waals surface area contributed by atoms with Gasteiger partial charge < -0.3 is 5.32 Å². The van der Waals surface area contributed by atoms with Crippen LogP contribution in [0.5, 0.6) is 0 Å². The predicted octanol–water partition coefficient (Wildman–Crippen LogP) is 4.11. The second-order valence-corrected chi connectivity index (χ2v) is 7.18. The molecular formula is C19H25N. The Hall–Kier alpha value is -1.08. The van der Waals surface area contributed by atoms with Crippen molar-refractivity contribution in [1.29, 1.82) is 0 Å². The zero-order chi connectivity index (χ0) is 13.4. The monoisotopic (exact) mass is 267 g/mol. The molecule has 4 aliphatic rings. The highest BCUT2D eigenvalue weighted by atomic mass is 14.9. The number of benzene rings is 1. The molecule has 0 heterocycles. The number of hydrogen-bond donors (Lipinski definition) is 1. The average molecular weight is 267 g/mol. The predicted molar refractivity (Wildman–Crippen MR) is 84.3 cm³/mol. The molecule has 0 radical (unpaired) electrons. The van der Waals surface area contributed by atoms with Crippen LogP contribution in [-0.4, -0.2) is 12.6 Å². The number of rotatable bonds is 4. The zero-order valence-electron chi connectivity index (χ0n) is 12.2. The summed E-state index contributed by atoms with van der Waals surface area (Å²) in [5.74, 6) is 4.12. The molecule has 1 heteroatoms. The summed E-state index contributed by atoms with van der Waals surface area (Å²) < 4.78 is 0. The van der Waals surface area contributed by atoms with E-state index in [0.29, 0.717) is 0 Å². The summed E-state index contributed by atoms with van der Waals surface area (Å²) in [6.45, 7) is 1.03. The minimum atomic E-state index is 0.809. The average Bonchev–Trinajstić information content (AvgIpc) is 2.46. The van der Waals surface area contributed by atoms with Crippen LogP contribution in [0.3, 0.4) is 0 Å². The molecule has 4 saturated carbocycles. The fraction of sp³-hybridized carbons (Fsp3) is 0.579. The van der Waals surface area contributed by atoms with E-state index in [0.717, 1.165) is 36.3 Å². The van der Waals surface area contributed by atoms with Crippen molar-refractivity contribution < 1.29 is 0 Å². The Morgan fingerprint density at radius 1 is 0.900 bits per heavy atom. The van der Waals surface area contributed by atoms with E-state index in [4.69, 9.17) is 0 Å². The van der Waals surface area contributed by atoms with Crippen molar-refractivity contribution in [1.82, 2.24) is 5.32 Å². The Balaban J connectivity index is 1.33. The SMILES string of the molecule is C(=Cc1ccccc1)CNC1C2CC3CC(C2)CC1C3. The van der Waals surface area contributed by atoms with Gasteiger partial charge in [0.1, 0.15) is 0 Å². The van der Waals surface area contributed by atoms with E-state index in [-0.39, 0.29) is 0 Å². The summed E-state index contributed by atoms with van der Waals surface area (Å²) in [7, 11) is 0. The van der Waals surface area contributed by atoms with Gasteiger partial charge in [0.25, 0.3) is 0 Å². The molecule has 0 saturated heterocycles. The third-order valence-electron chi connectivity index (χ3n) is 5.81. The maximum Gasteiger partial charge on any atom is 0.0140 e. The molecule has 1 N–H and O–H groups in total. The lowest BCUT2D eigenvalue weighted by Crippen LogP contribution is -2.54. The molecule has 0 aromatic heterocycles. The fourth-order valence-electron chi connectivity index (χ4n) is 5.22. The molecule has 0 spiro atoms. The molecular weight excluding hydrogens is 242 g/mol. The number of nitrogens with one attached hydrogen (secondary N) is 1. The van der Waals surface area contributed by atoms with Gasteiger partial charge >= 0.3 is 0 Å². The Kier molecular flexibility index (Phi) is 3.39. The van der Waals surface area contributed by atoms with E-state index in [9.17, 15) is 0 Å². The molecule has 1 aromatic carbocycles. The van der Waals surface area contributed by atoms with Gasteiger partial charge in [-0.1, -0.05) is 42.5 Å². The molecule has 0 aliphatic heterocycles. The van der Waals surface area contributed by atoms with E-state index in [1.54, 1.807) is 6.42 Å². The minimum Gasteiger partial charge on any atom is -0.310 e. The van der Waals surface area contributed by atoms with E-state index in [1.165, 1.54) is 31.2 Å². The maximum absolute atomic E-state index is 3.85. The summed E-state index contributed by atoms with van der Waals surface area (Å²) in [5.41, 5.74) is 1.30. The Bertz CT molecular complexity index is 448. The van der Waals surface area contributed by atoms with Crippen molar-refractivity contribution in [2.75, 3.05) is 6.54 Å². The summed E-state index contributed by atoms with van der Waals surface area (Å²) in [4.78, 5) is 0. The highest BCUT2D eigenvalue weighted by Gasteiger charge is 2.47. The van der Waals surface area contributed by atoms with E-state index in [2.05, 4.69) is 47.8 Å². The topological polar surface area (TPSA) is 12.0 Å². The van der Waals surface area contributed by atoms with Crippen LogP contribution in [-0.2, 0) is 0 Å². The van der Waals surface area contributed by atoms with Crippen LogP contribution in [0.25, 0.3) is 6.08 Å². The Morgan fingerprint density at radius 3 is 2.20 bits per heavy atom. The normalized spacial score (nSPS) is 38.7. The second kappa shape index (κ2) is 5.37. The maximum atomic E-state index is 3.85. The van der Waals surface area contributed by atoms with Crippen molar-refractivity contribution in [2.24, 2.45) is 23.7 Å². The molecule has 1 nitrogen and oxygen atoms in total. The zero-order valence-corrected chi connectivity index (χ0v) is 12.2. The van der Waals surface area contributed by atoms with Crippen molar-refractivity contribution in [3.8, 4) is 0 Å². The lowest BCUT2D eigenvalue weighted by molar-refractivity contribution is -0.0123. The van der Waals surface area contributed by atoms with Gasteiger partial charge in [-0.25, -0.2) is 0 Å². The smallest absolute Gasteiger partial charge is 0.0140 e. The lowest BCUT2D eigenvalue weighted by atomic mass is 9.54. The molecule has 0 amide bonds. The molecule has 0 unspecified atom stereocenters.